The zero-order chi connectivity index (χ0) is 22.2. The van der Waals surface area contributed by atoms with Gasteiger partial charge in [-0.1, -0.05) is 103 Å². The molecule has 2 unspecified atom stereocenters. The average molecular weight is 448 g/mol. The molecule has 160 valence electrons. The van der Waals surface area contributed by atoms with Crippen LogP contribution in [0.5, 0.6) is 0 Å². The van der Waals surface area contributed by atoms with Gasteiger partial charge in [0.2, 0.25) is 0 Å². The van der Waals surface area contributed by atoms with Crippen molar-refractivity contribution in [3.05, 3.63) is 138 Å². The highest BCUT2D eigenvalue weighted by Crippen LogP contribution is 2.77. The molecule has 7 rings (SSSR count). The molecule has 0 saturated carbocycles. The molecule has 0 aromatic heterocycles. The second kappa shape index (κ2) is 6.52. The largest absolute Gasteiger partial charge is 0.288 e. The van der Waals surface area contributed by atoms with E-state index in [1.807, 2.05) is 108 Å². The molecule has 2 aliphatic heterocycles. The Morgan fingerprint density at radius 1 is 0.606 bits per heavy atom. The summed E-state index contributed by atoms with van der Waals surface area (Å²) < 4.78 is 13.9. The van der Waals surface area contributed by atoms with Gasteiger partial charge in [-0.05, 0) is 34.4 Å². The number of para-hydroxylation sites is 1. The lowest BCUT2D eigenvalue weighted by molar-refractivity contribution is -0.123. The minimum atomic E-state index is -1.53. The molecule has 2 bridgehead atoms. The van der Waals surface area contributed by atoms with E-state index in [9.17, 15) is 9.00 Å². The van der Waals surface area contributed by atoms with Crippen LogP contribution in [0.3, 0.4) is 0 Å². The van der Waals surface area contributed by atoms with Crippen molar-refractivity contribution in [2.24, 2.45) is 0 Å². The number of hydrogen-bond donors (Lipinski definition) is 0. The van der Waals surface area contributed by atoms with Crippen LogP contribution in [-0.2, 0) is 25.2 Å². The first-order valence-electron chi connectivity index (χ1n) is 11.2. The van der Waals surface area contributed by atoms with Gasteiger partial charge in [0.15, 0.2) is 9.62 Å². The smallest absolute Gasteiger partial charge is 0.252 e. The van der Waals surface area contributed by atoms with Crippen molar-refractivity contribution >= 4 is 22.4 Å². The Hall–Kier alpha value is -3.50. The molecule has 0 spiro atoms. The van der Waals surface area contributed by atoms with Crippen LogP contribution in [0.25, 0.3) is 0 Å². The lowest BCUT2D eigenvalue weighted by Gasteiger charge is -2.53. The van der Waals surface area contributed by atoms with Gasteiger partial charge < -0.3 is 0 Å². The van der Waals surface area contributed by atoms with E-state index in [4.69, 9.17) is 0 Å². The average Bonchev–Trinajstić information content (AvgIpc) is 3.19. The fourth-order valence-corrected chi connectivity index (χ4v) is 9.32. The predicted molar refractivity (Wildman–Crippen MR) is 130 cm³/mol. The number of carbonyl (C=O) groups excluding carboxylic acids is 1. The van der Waals surface area contributed by atoms with Crippen molar-refractivity contribution in [3.8, 4) is 0 Å². The number of benzene rings is 4. The summed E-state index contributed by atoms with van der Waals surface area (Å²) in [7, 11) is -1.53. The first-order valence-corrected chi connectivity index (χ1v) is 12.4. The lowest BCUT2D eigenvalue weighted by Crippen LogP contribution is -2.58. The van der Waals surface area contributed by atoms with E-state index in [-0.39, 0.29) is 17.7 Å². The van der Waals surface area contributed by atoms with E-state index < -0.39 is 20.4 Å². The predicted octanol–water partition coefficient (Wildman–Crippen LogP) is 5.43. The first kappa shape index (κ1) is 19.0. The Labute approximate surface area is 195 Å². The summed E-state index contributed by atoms with van der Waals surface area (Å²) in [6.45, 7) is 0. The third-order valence-electron chi connectivity index (χ3n) is 7.69. The number of amides is 1. The normalized spacial score (nSPS) is 31.1. The summed E-state index contributed by atoms with van der Waals surface area (Å²) in [6.07, 6.45) is 0. The molecular weight excluding hydrogens is 426 g/mol. The molecule has 0 N–H and O–H groups in total. The van der Waals surface area contributed by atoms with Gasteiger partial charge in [0.1, 0.15) is 0 Å². The SMILES string of the molecule is O=C1N(c2ccccc2)[C@]2(c3ccccc3)[C@H]3c4ccccc4[C@H]3C1(c1ccccc1)S2=O. The van der Waals surface area contributed by atoms with Crippen LogP contribution < -0.4 is 4.90 Å². The van der Waals surface area contributed by atoms with Crippen LogP contribution in [-0.4, -0.2) is 10.1 Å². The Bertz CT molecular complexity index is 1420. The molecule has 1 aliphatic carbocycles. The molecular formula is C29H21NO2S. The molecule has 33 heavy (non-hydrogen) atoms. The quantitative estimate of drug-likeness (QED) is 0.420. The Morgan fingerprint density at radius 2 is 1.09 bits per heavy atom. The van der Waals surface area contributed by atoms with Crippen molar-refractivity contribution in [3.63, 3.8) is 0 Å². The molecule has 0 radical (unpaired) electrons. The molecule has 4 heteroatoms. The zero-order valence-electron chi connectivity index (χ0n) is 17.8. The van der Waals surface area contributed by atoms with Gasteiger partial charge in [-0.25, -0.2) is 0 Å². The van der Waals surface area contributed by atoms with Crippen LogP contribution in [0.2, 0.25) is 0 Å². The molecule has 3 nitrogen and oxygen atoms in total. The van der Waals surface area contributed by atoms with Crippen LogP contribution in [0, 0.1) is 0 Å². The molecule has 3 aliphatic rings. The molecule has 2 heterocycles. The number of fused-ring (bicyclic) bond motifs is 8. The van der Waals surface area contributed by atoms with Crippen molar-refractivity contribution in [2.45, 2.75) is 21.5 Å². The monoisotopic (exact) mass is 447 g/mol. The Morgan fingerprint density at radius 3 is 1.70 bits per heavy atom. The van der Waals surface area contributed by atoms with Crippen molar-refractivity contribution < 1.29 is 9.00 Å². The van der Waals surface area contributed by atoms with E-state index in [1.54, 1.807) is 0 Å². The Balaban J connectivity index is 1.63. The fourth-order valence-electron chi connectivity index (χ4n) is 6.53. The molecule has 5 atom stereocenters. The van der Waals surface area contributed by atoms with Crippen molar-refractivity contribution in [2.75, 3.05) is 4.90 Å². The number of nitrogens with zero attached hydrogens (tertiary/aromatic N) is 1. The van der Waals surface area contributed by atoms with Crippen molar-refractivity contribution in [1.82, 2.24) is 0 Å². The number of piperidine rings is 1. The number of rotatable bonds is 3. The summed E-state index contributed by atoms with van der Waals surface area (Å²) in [6, 6.07) is 37.9. The number of carbonyl (C=O) groups is 1. The molecule has 2 saturated heterocycles. The minimum Gasteiger partial charge on any atom is -0.288 e. The van der Waals surface area contributed by atoms with Gasteiger partial charge >= 0.3 is 0 Å². The van der Waals surface area contributed by atoms with Gasteiger partial charge in [0.05, 0.1) is 10.8 Å². The summed E-state index contributed by atoms with van der Waals surface area (Å²) >= 11 is 0. The highest BCUT2D eigenvalue weighted by atomic mass is 32.2. The maximum atomic E-state index is 15.0. The maximum absolute atomic E-state index is 15.0. The Kier molecular flexibility index (Phi) is 3.76. The summed E-state index contributed by atoms with van der Waals surface area (Å²) in [4.78, 5) is 15.5. The van der Waals surface area contributed by atoms with Gasteiger partial charge in [-0.2, -0.15) is 0 Å². The molecule has 4 aromatic rings. The van der Waals surface area contributed by atoms with Crippen LogP contribution in [0.15, 0.2) is 115 Å². The maximum Gasteiger partial charge on any atom is 0.252 e. The second-order valence-corrected chi connectivity index (χ2v) is 10.8. The topological polar surface area (TPSA) is 37.4 Å². The first-order chi connectivity index (χ1) is 16.2. The third-order valence-corrected chi connectivity index (χ3v) is 10.2. The molecule has 4 aromatic carbocycles. The second-order valence-electron chi connectivity index (χ2n) is 8.99. The highest BCUT2D eigenvalue weighted by Gasteiger charge is 2.84. The lowest BCUT2D eigenvalue weighted by atomic mass is 9.55. The van der Waals surface area contributed by atoms with Crippen molar-refractivity contribution in [1.29, 1.82) is 0 Å². The number of hydrogen-bond acceptors (Lipinski definition) is 2. The molecule has 2 fully saturated rings. The third kappa shape index (κ3) is 2.02. The summed E-state index contributed by atoms with van der Waals surface area (Å²) in [5.41, 5.74) is 4.92. The highest BCUT2D eigenvalue weighted by molar-refractivity contribution is 7.89. The zero-order valence-corrected chi connectivity index (χ0v) is 18.6. The van der Waals surface area contributed by atoms with Gasteiger partial charge in [-0.3, -0.25) is 13.9 Å². The van der Waals surface area contributed by atoms with E-state index >= 15 is 0 Å². The fraction of sp³-hybridized carbons (Fsp3) is 0.138. The van der Waals surface area contributed by atoms with E-state index in [0.717, 1.165) is 22.4 Å². The minimum absolute atomic E-state index is 0.0463. The van der Waals surface area contributed by atoms with Gasteiger partial charge in [0.25, 0.3) is 5.91 Å². The van der Waals surface area contributed by atoms with Gasteiger partial charge in [-0.15, -0.1) is 0 Å². The number of anilines is 1. The molecule has 1 amide bonds. The van der Waals surface area contributed by atoms with Crippen LogP contribution >= 0.6 is 0 Å². The van der Waals surface area contributed by atoms with E-state index in [2.05, 4.69) is 12.1 Å². The van der Waals surface area contributed by atoms with Crippen LogP contribution in [0.1, 0.15) is 34.1 Å². The van der Waals surface area contributed by atoms with Crippen LogP contribution in [0.4, 0.5) is 5.69 Å². The summed E-state index contributed by atoms with van der Waals surface area (Å²) in [5.74, 6) is -0.238. The summed E-state index contributed by atoms with van der Waals surface area (Å²) in [5, 5.41) is 0. The van der Waals surface area contributed by atoms with E-state index in [1.165, 1.54) is 5.56 Å². The standard InChI is InChI=1S/C29H21NO2S/c31-27-28(20-12-4-1-5-13-20)25-23-18-10-11-19-24(23)26(25)29(33(28)32,21-14-6-2-7-15-21)30(27)22-16-8-3-9-17-22/h1-19,25-26H/t25-,26+,28?,29+,33?/m1/s1. The van der Waals surface area contributed by atoms with Gasteiger partial charge in [0, 0.05) is 17.5 Å². The van der Waals surface area contributed by atoms with E-state index in [0.29, 0.717) is 0 Å².